The zero-order chi connectivity index (χ0) is 13.0. The summed E-state index contributed by atoms with van der Waals surface area (Å²) in [6, 6.07) is 10.3. The summed E-state index contributed by atoms with van der Waals surface area (Å²) in [5.41, 5.74) is 1.21. The van der Waals surface area contributed by atoms with Crippen LogP contribution >= 0.6 is 24.2 Å². The number of carbonyl (C=O) groups excluding carboxylic acids is 1. The van der Waals surface area contributed by atoms with Gasteiger partial charge in [0.15, 0.2) is 0 Å². The molecular weight excluding hydrogens is 280 g/mol. The number of rotatable bonds is 4. The van der Waals surface area contributed by atoms with Crippen molar-refractivity contribution >= 4 is 30.1 Å². The van der Waals surface area contributed by atoms with E-state index in [1.165, 1.54) is 5.56 Å². The fourth-order valence-electron chi connectivity index (χ4n) is 1.99. The van der Waals surface area contributed by atoms with Gasteiger partial charge < -0.3 is 5.32 Å². The summed E-state index contributed by atoms with van der Waals surface area (Å²) in [6.45, 7) is 4.97. The van der Waals surface area contributed by atoms with Crippen molar-refractivity contribution in [1.82, 2.24) is 10.6 Å². The molecule has 2 N–H and O–H groups in total. The van der Waals surface area contributed by atoms with Gasteiger partial charge in [-0.15, -0.1) is 24.2 Å². The smallest absolute Gasteiger partial charge is 0.238 e. The Hall–Kier alpha value is -0.710. The van der Waals surface area contributed by atoms with E-state index in [1.807, 2.05) is 18.2 Å². The minimum absolute atomic E-state index is 0. The summed E-state index contributed by atoms with van der Waals surface area (Å²) in [4.78, 5) is 11.9. The van der Waals surface area contributed by atoms with Gasteiger partial charge in [-0.1, -0.05) is 44.2 Å². The molecule has 1 unspecified atom stereocenters. The molecule has 0 aliphatic carbocycles. The first kappa shape index (κ1) is 16.3. The molecule has 1 aliphatic rings. The minimum atomic E-state index is -0.0390. The van der Waals surface area contributed by atoms with Crippen LogP contribution in [0.25, 0.3) is 0 Å². The monoisotopic (exact) mass is 300 g/mol. The Morgan fingerprint density at radius 3 is 2.68 bits per heavy atom. The highest BCUT2D eigenvalue weighted by molar-refractivity contribution is 7.99. The largest absolute Gasteiger partial charge is 0.354 e. The van der Waals surface area contributed by atoms with E-state index in [4.69, 9.17) is 0 Å². The Labute approximate surface area is 125 Å². The molecule has 1 fully saturated rings. The number of benzene rings is 1. The number of halogens is 1. The Bertz CT molecular complexity index is 405. The fraction of sp³-hybridized carbons (Fsp3) is 0.500. The molecule has 1 aliphatic heterocycles. The summed E-state index contributed by atoms with van der Waals surface area (Å²) in [5.74, 6) is 1.86. The molecule has 3 nitrogen and oxygen atoms in total. The number of carbonyl (C=O) groups is 1. The predicted octanol–water partition coefficient (Wildman–Crippen LogP) is 2.16. The fourth-order valence-corrected chi connectivity index (χ4v) is 2.93. The van der Waals surface area contributed by atoms with E-state index in [0.29, 0.717) is 6.54 Å². The molecular formula is C14H21ClN2OS. The van der Waals surface area contributed by atoms with E-state index in [-0.39, 0.29) is 29.8 Å². The second kappa shape index (κ2) is 7.17. The number of hydrogen-bond donors (Lipinski definition) is 2. The lowest BCUT2D eigenvalue weighted by Crippen LogP contribution is -2.46. The molecule has 19 heavy (non-hydrogen) atoms. The van der Waals surface area contributed by atoms with Crippen LogP contribution in [0.15, 0.2) is 30.3 Å². The van der Waals surface area contributed by atoms with Gasteiger partial charge in [0, 0.05) is 23.6 Å². The van der Waals surface area contributed by atoms with E-state index >= 15 is 0 Å². The van der Waals surface area contributed by atoms with E-state index < -0.39 is 0 Å². The van der Waals surface area contributed by atoms with Crippen LogP contribution in [-0.2, 0) is 10.2 Å². The molecule has 106 valence electrons. The Morgan fingerprint density at radius 1 is 1.42 bits per heavy atom. The van der Waals surface area contributed by atoms with Gasteiger partial charge in [0.05, 0.1) is 6.04 Å². The SMILES string of the molecule is CC(C)(CNC(=O)C1CSCN1)c1ccccc1.Cl. The number of thioether (sulfide) groups is 1. The van der Waals surface area contributed by atoms with Crippen LogP contribution in [-0.4, -0.2) is 30.1 Å². The van der Waals surface area contributed by atoms with Gasteiger partial charge in [-0.3, -0.25) is 10.1 Å². The first-order valence-electron chi connectivity index (χ1n) is 6.24. The lowest BCUT2D eigenvalue weighted by atomic mass is 9.84. The third-order valence-electron chi connectivity index (χ3n) is 3.29. The van der Waals surface area contributed by atoms with Gasteiger partial charge in [0.25, 0.3) is 0 Å². The molecule has 1 atom stereocenters. The van der Waals surface area contributed by atoms with E-state index in [0.717, 1.165) is 11.6 Å². The van der Waals surface area contributed by atoms with Crippen molar-refractivity contribution in [3.8, 4) is 0 Å². The van der Waals surface area contributed by atoms with Gasteiger partial charge in [0.2, 0.25) is 5.91 Å². The number of nitrogens with one attached hydrogen (secondary N) is 2. The predicted molar refractivity (Wildman–Crippen MR) is 84.0 cm³/mol. The molecule has 1 aromatic rings. The topological polar surface area (TPSA) is 41.1 Å². The van der Waals surface area contributed by atoms with Crippen molar-refractivity contribution in [2.75, 3.05) is 18.2 Å². The van der Waals surface area contributed by atoms with Crippen molar-refractivity contribution in [2.24, 2.45) is 0 Å². The average Bonchev–Trinajstić information content (AvgIpc) is 2.91. The van der Waals surface area contributed by atoms with Gasteiger partial charge >= 0.3 is 0 Å². The number of amides is 1. The average molecular weight is 301 g/mol. The Kier molecular flexibility index (Phi) is 6.17. The van der Waals surface area contributed by atoms with Crippen molar-refractivity contribution < 1.29 is 4.79 Å². The van der Waals surface area contributed by atoms with E-state index in [1.54, 1.807) is 11.8 Å². The quantitative estimate of drug-likeness (QED) is 0.895. The zero-order valence-corrected chi connectivity index (χ0v) is 12.9. The first-order valence-corrected chi connectivity index (χ1v) is 7.39. The van der Waals surface area contributed by atoms with Gasteiger partial charge in [-0.2, -0.15) is 0 Å². The van der Waals surface area contributed by atoms with Gasteiger partial charge in [-0.25, -0.2) is 0 Å². The highest BCUT2D eigenvalue weighted by Crippen LogP contribution is 2.21. The summed E-state index contributed by atoms with van der Waals surface area (Å²) >= 11 is 1.77. The van der Waals surface area contributed by atoms with Crippen LogP contribution in [0, 0.1) is 0 Å². The standard InChI is InChI=1S/C14H20N2OS.ClH/c1-14(2,11-6-4-3-5-7-11)9-15-13(17)12-8-18-10-16-12;/h3-7,12,16H,8-10H2,1-2H3,(H,15,17);1H. The van der Waals surface area contributed by atoms with Gasteiger partial charge in [-0.05, 0) is 5.56 Å². The highest BCUT2D eigenvalue weighted by atomic mass is 35.5. The molecule has 5 heteroatoms. The molecule has 1 heterocycles. The Balaban J connectivity index is 0.00000180. The first-order chi connectivity index (χ1) is 8.59. The normalized spacial score (nSPS) is 18.7. The van der Waals surface area contributed by atoms with Gasteiger partial charge in [0.1, 0.15) is 0 Å². The van der Waals surface area contributed by atoms with E-state index in [2.05, 4.69) is 36.6 Å². The van der Waals surface area contributed by atoms with Crippen molar-refractivity contribution in [3.05, 3.63) is 35.9 Å². The van der Waals surface area contributed by atoms with Crippen LogP contribution in [0.2, 0.25) is 0 Å². The maximum Gasteiger partial charge on any atom is 0.238 e. The third-order valence-corrected chi connectivity index (χ3v) is 4.23. The molecule has 0 aromatic heterocycles. The van der Waals surface area contributed by atoms with Crippen LogP contribution in [0.1, 0.15) is 19.4 Å². The molecule has 0 spiro atoms. The van der Waals surface area contributed by atoms with Crippen LogP contribution in [0.3, 0.4) is 0 Å². The maximum absolute atomic E-state index is 11.9. The van der Waals surface area contributed by atoms with Crippen molar-refractivity contribution in [3.63, 3.8) is 0 Å². The Morgan fingerprint density at radius 2 is 2.11 bits per heavy atom. The zero-order valence-electron chi connectivity index (χ0n) is 11.3. The van der Waals surface area contributed by atoms with Crippen molar-refractivity contribution in [2.45, 2.75) is 25.3 Å². The summed E-state index contributed by atoms with van der Waals surface area (Å²) in [6.07, 6.45) is 0. The number of hydrogen-bond acceptors (Lipinski definition) is 3. The van der Waals surface area contributed by atoms with Crippen LogP contribution < -0.4 is 10.6 Å². The maximum atomic E-state index is 11.9. The lowest BCUT2D eigenvalue weighted by Gasteiger charge is -2.26. The summed E-state index contributed by atoms with van der Waals surface area (Å²) in [5, 5.41) is 6.23. The molecule has 0 radical (unpaired) electrons. The summed E-state index contributed by atoms with van der Waals surface area (Å²) < 4.78 is 0. The highest BCUT2D eigenvalue weighted by Gasteiger charge is 2.25. The molecule has 2 rings (SSSR count). The van der Waals surface area contributed by atoms with Crippen LogP contribution in [0.4, 0.5) is 0 Å². The summed E-state index contributed by atoms with van der Waals surface area (Å²) in [7, 11) is 0. The molecule has 0 bridgehead atoms. The molecule has 1 amide bonds. The molecule has 1 saturated heterocycles. The third kappa shape index (κ3) is 4.41. The van der Waals surface area contributed by atoms with Crippen molar-refractivity contribution in [1.29, 1.82) is 0 Å². The lowest BCUT2D eigenvalue weighted by molar-refractivity contribution is -0.122. The van der Waals surface area contributed by atoms with E-state index in [9.17, 15) is 4.79 Å². The molecule has 0 saturated carbocycles. The minimum Gasteiger partial charge on any atom is -0.354 e. The van der Waals surface area contributed by atoms with Crippen LogP contribution in [0.5, 0.6) is 0 Å². The second-order valence-corrected chi connectivity index (χ2v) is 6.27. The molecule has 1 aromatic carbocycles. The second-order valence-electron chi connectivity index (χ2n) is 5.24.